The third kappa shape index (κ3) is 5.33. The zero-order valence-corrected chi connectivity index (χ0v) is 23.9. The summed E-state index contributed by atoms with van der Waals surface area (Å²) in [4.78, 5) is 32.8. The Morgan fingerprint density at radius 2 is 1.77 bits per heavy atom. The van der Waals surface area contributed by atoms with Crippen molar-refractivity contribution in [2.45, 2.75) is 38.6 Å². The summed E-state index contributed by atoms with van der Waals surface area (Å²) in [6.45, 7) is 8.90. The zero-order chi connectivity index (χ0) is 27.6. The van der Waals surface area contributed by atoms with E-state index >= 15 is 0 Å². The van der Waals surface area contributed by atoms with Gasteiger partial charge in [0.25, 0.3) is 0 Å². The molecule has 8 heteroatoms. The van der Waals surface area contributed by atoms with Crippen molar-refractivity contribution in [1.29, 1.82) is 0 Å². The predicted octanol–water partition coefficient (Wildman–Crippen LogP) is 5.53. The van der Waals surface area contributed by atoms with Gasteiger partial charge in [0.05, 0.1) is 4.70 Å². The summed E-state index contributed by atoms with van der Waals surface area (Å²) in [5.74, 6) is 1.05. The number of carbonyl (C=O) groups excluding carboxylic acids is 2. The van der Waals surface area contributed by atoms with E-state index < -0.39 is 6.04 Å². The van der Waals surface area contributed by atoms with Gasteiger partial charge in [-0.05, 0) is 72.3 Å². The fraction of sp³-hybridized carbons (Fsp3) is 0.344. The summed E-state index contributed by atoms with van der Waals surface area (Å²) in [5, 5.41) is 4.20. The Bertz CT molecular complexity index is 1510. The number of nitrogens with zero attached hydrogens (tertiary/aromatic N) is 4. The Kier molecular flexibility index (Phi) is 7.54. The van der Waals surface area contributed by atoms with E-state index in [1.165, 1.54) is 15.6 Å². The van der Waals surface area contributed by atoms with Gasteiger partial charge < -0.3 is 10.2 Å². The molecule has 1 aromatic heterocycles. The molecule has 2 atom stereocenters. The van der Waals surface area contributed by atoms with Crippen LogP contribution in [0, 0.1) is 0 Å². The normalized spacial score (nSPS) is 18.6. The van der Waals surface area contributed by atoms with Crippen LogP contribution in [0.2, 0.25) is 0 Å². The molecule has 1 N–H and O–H groups in total. The molecular weight excluding hydrogens is 518 g/mol. The van der Waals surface area contributed by atoms with E-state index in [9.17, 15) is 9.59 Å². The molecule has 0 saturated carbocycles. The van der Waals surface area contributed by atoms with Crippen LogP contribution < -0.4 is 15.1 Å². The molecule has 3 aromatic carbocycles. The van der Waals surface area contributed by atoms with E-state index in [0.29, 0.717) is 6.42 Å². The van der Waals surface area contributed by atoms with Crippen LogP contribution in [0.1, 0.15) is 37.3 Å². The minimum Gasteiger partial charge on any atom is -0.353 e. The lowest BCUT2D eigenvalue weighted by molar-refractivity contribution is -0.123. The summed E-state index contributed by atoms with van der Waals surface area (Å²) < 4.78 is 5.98. The van der Waals surface area contributed by atoms with Gasteiger partial charge in [-0.15, -0.1) is 0 Å². The van der Waals surface area contributed by atoms with Crippen LogP contribution in [0.3, 0.4) is 0 Å². The molecule has 0 bridgehead atoms. The number of nitrogens with one attached hydrogen (secondary N) is 1. The van der Waals surface area contributed by atoms with Gasteiger partial charge in [-0.2, -0.15) is 4.37 Å². The van der Waals surface area contributed by atoms with Gasteiger partial charge in [0.1, 0.15) is 11.9 Å². The van der Waals surface area contributed by atoms with Crippen LogP contribution in [0.15, 0.2) is 72.8 Å². The second kappa shape index (κ2) is 11.4. The van der Waals surface area contributed by atoms with E-state index in [1.807, 2.05) is 36.4 Å². The number of hydrogen-bond donors (Lipinski definition) is 1. The SMILES string of the molecule is CC1CC(=O)N(C(C)C(=O)Nc2ccccc2)c2ccc(CCN3CCN(c4nsc5ccccc45)CC3)cc21. The molecule has 3 heterocycles. The van der Waals surface area contributed by atoms with Gasteiger partial charge in [-0.3, -0.25) is 19.4 Å². The van der Waals surface area contributed by atoms with Crippen LogP contribution in [0.5, 0.6) is 0 Å². The molecule has 0 spiro atoms. The third-order valence-electron chi connectivity index (χ3n) is 8.19. The molecule has 4 aromatic rings. The van der Waals surface area contributed by atoms with Crippen molar-refractivity contribution in [3.63, 3.8) is 0 Å². The van der Waals surface area contributed by atoms with E-state index in [0.717, 1.165) is 61.9 Å². The van der Waals surface area contributed by atoms with Crippen LogP contribution in [0.25, 0.3) is 10.1 Å². The van der Waals surface area contributed by atoms with Crippen LogP contribution in [0.4, 0.5) is 17.2 Å². The van der Waals surface area contributed by atoms with Crippen molar-refractivity contribution < 1.29 is 9.59 Å². The van der Waals surface area contributed by atoms with E-state index in [-0.39, 0.29) is 17.7 Å². The average Bonchev–Trinajstić information content (AvgIpc) is 3.41. The van der Waals surface area contributed by atoms with Crippen molar-refractivity contribution in [1.82, 2.24) is 9.27 Å². The summed E-state index contributed by atoms with van der Waals surface area (Å²) in [7, 11) is 0. The molecule has 40 heavy (non-hydrogen) atoms. The maximum absolute atomic E-state index is 13.1. The molecule has 0 aliphatic carbocycles. The van der Waals surface area contributed by atoms with Crippen molar-refractivity contribution in [2.75, 3.05) is 47.8 Å². The smallest absolute Gasteiger partial charge is 0.247 e. The predicted molar refractivity (Wildman–Crippen MR) is 163 cm³/mol. The summed E-state index contributed by atoms with van der Waals surface area (Å²) in [6.07, 6.45) is 1.37. The van der Waals surface area contributed by atoms with Gasteiger partial charge in [-0.25, -0.2) is 0 Å². The molecule has 1 saturated heterocycles. The number of para-hydroxylation sites is 1. The second-order valence-corrected chi connectivity index (χ2v) is 11.7. The van der Waals surface area contributed by atoms with Crippen LogP contribution >= 0.6 is 11.5 Å². The molecular formula is C32H35N5O2S. The lowest BCUT2D eigenvalue weighted by Gasteiger charge is -2.37. The lowest BCUT2D eigenvalue weighted by atomic mass is 9.88. The summed E-state index contributed by atoms with van der Waals surface area (Å²) in [5.41, 5.74) is 4.01. The van der Waals surface area contributed by atoms with Gasteiger partial charge in [0.2, 0.25) is 11.8 Å². The monoisotopic (exact) mass is 553 g/mol. The Hall–Kier alpha value is -3.75. The molecule has 7 nitrogen and oxygen atoms in total. The number of fused-ring (bicyclic) bond motifs is 2. The molecule has 2 amide bonds. The number of benzene rings is 3. The molecule has 2 unspecified atom stereocenters. The molecule has 206 valence electrons. The van der Waals surface area contributed by atoms with Gasteiger partial charge >= 0.3 is 0 Å². The highest BCUT2D eigenvalue weighted by atomic mass is 32.1. The van der Waals surface area contributed by atoms with Gasteiger partial charge in [0, 0.05) is 55.9 Å². The highest BCUT2D eigenvalue weighted by Gasteiger charge is 2.35. The number of piperazine rings is 1. The molecule has 2 aliphatic heterocycles. The van der Waals surface area contributed by atoms with E-state index in [2.05, 4.69) is 58.4 Å². The first-order chi connectivity index (χ1) is 19.5. The Balaban J connectivity index is 1.09. The Labute approximate surface area is 239 Å². The van der Waals surface area contributed by atoms with Crippen LogP contribution in [-0.4, -0.2) is 59.9 Å². The largest absolute Gasteiger partial charge is 0.353 e. The summed E-state index contributed by atoms with van der Waals surface area (Å²) >= 11 is 1.58. The van der Waals surface area contributed by atoms with Crippen LogP contribution in [-0.2, 0) is 16.0 Å². The molecule has 6 rings (SSSR count). The maximum atomic E-state index is 13.1. The third-order valence-corrected chi connectivity index (χ3v) is 9.00. The van der Waals surface area contributed by atoms with Crippen molar-refractivity contribution in [2.24, 2.45) is 0 Å². The van der Waals surface area contributed by atoms with Gasteiger partial charge in [0.15, 0.2) is 0 Å². The second-order valence-electron chi connectivity index (χ2n) is 10.9. The number of aromatic nitrogens is 1. The summed E-state index contributed by atoms with van der Waals surface area (Å²) in [6, 6.07) is 23.7. The quantitative estimate of drug-likeness (QED) is 0.326. The highest BCUT2D eigenvalue weighted by Crippen LogP contribution is 2.38. The van der Waals surface area contributed by atoms with Crippen molar-refractivity contribution in [3.05, 3.63) is 83.9 Å². The fourth-order valence-electron chi connectivity index (χ4n) is 5.86. The topological polar surface area (TPSA) is 68.8 Å². The number of rotatable bonds is 7. The number of hydrogen-bond acceptors (Lipinski definition) is 6. The molecule has 1 fully saturated rings. The molecule has 0 radical (unpaired) electrons. The maximum Gasteiger partial charge on any atom is 0.247 e. The van der Waals surface area contributed by atoms with Gasteiger partial charge in [-0.1, -0.05) is 49.4 Å². The minimum absolute atomic E-state index is 0.00535. The first-order valence-corrected chi connectivity index (χ1v) is 14.9. The lowest BCUT2D eigenvalue weighted by Crippen LogP contribution is -2.48. The Morgan fingerprint density at radius 1 is 1.02 bits per heavy atom. The minimum atomic E-state index is -0.601. The molecule has 2 aliphatic rings. The first-order valence-electron chi connectivity index (χ1n) is 14.1. The standard InChI is InChI=1S/C32H35N5O2S/c1-22-20-30(38)37(23(2)32(39)33-25-8-4-3-5-9-25)28-13-12-24(21-27(22)28)14-15-35-16-18-36(19-17-35)31-26-10-6-7-11-29(26)40-34-31/h3-13,21-23H,14-20H2,1-2H3,(H,33,39). The number of anilines is 3. The average molecular weight is 554 g/mol. The number of carbonyl (C=O) groups is 2. The van der Waals surface area contributed by atoms with Crippen molar-refractivity contribution in [3.8, 4) is 0 Å². The van der Waals surface area contributed by atoms with E-state index in [4.69, 9.17) is 4.37 Å². The first kappa shape index (κ1) is 26.5. The number of amides is 2. The Morgan fingerprint density at radius 3 is 2.58 bits per heavy atom. The highest BCUT2D eigenvalue weighted by molar-refractivity contribution is 7.13. The van der Waals surface area contributed by atoms with E-state index in [1.54, 1.807) is 23.4 Å². The van der Waals surface area contributed by atoms with Crippen molar-refractivity contribution >= 4 is 50.6 Å². The fourth-order valence-corrected chi connectivity index (χ4v) is 6.66. The zero-order valence-electron chi connectivity index (χ0n) is 23.0.